The van der Waals surface area contributed by atoms with E-state index in [9.17, 15) is 60.3 Å². The van der Waals surface area contributed by atoms with Gasteiger partial charge < -0.3 is 34.2 Å². The van der Waals surface area contributed by atoms with Crippen LogP contribution in [-0.4, -0.2) is 87.6 Å². The largest absolute Gasteiger partial charge is 1.00 e. The zero-order valence-electron chi connectivity index (χ0n) is 35.1. The van der Waals surface area contributed by atoms with E-state index in [1.54, 1.807) is 13.0 Å². The standard InChI is InChI=1S/C34H30N8O15S5.4Na/c1-20-17-23(9-14-29(20)42-41-24-18-28-27(31(19-24)61(51,52)53)3-2-4-30(28)60(48,49)50)37-34-39-32(38-33(40-34)36-22-7-12-26(13-8-22)59(45,46)47)35-21-5-10-25(11-6-21)58(43,44)16-15-57-62(54,55)56;;;;/h2-14,17-19H,15-16H2,1H3,(H,45,46,47)(H,48,49,50)(H,51,52,53)(H,54,55,56)(H3,35,36,37,38,39,40);;;;/q;4*+1/p-4. The molecule has 23 nitrogen and oxygen atoms in total. The van der Waals surface area contributed by atoms with E-state index in [1.807, 2.05) is 0 Å². The van der Waals surface area contributed by atoms with E-state index in [0.29, 0.717) is 11.3 Å². The number of rotatable bonds is 16. The molecule has 0 amide bonds. The van der Waals surface area contributed by atoms with Crippen LogP contribution in [0.25, 0.3) is 10.8 Å². The Kier molecular flexibility index (Phi) is 22.0. The maximum atomic E-state index is 12.6. The number of azo groups is 1. The van der Waals surface area contributed by atoms with Crippen LogP contribution in [0.2, 0.25) is 0 Å². The van der Waals surface area contributed by atoms with Crippen molar-refractivity contribution in [3.8, 4) is 0 Å². The maximum absolute atomic E-state index is 12.6. The van der Waals surface area contributed by atoms with Crippen molar-refractivity contribution < 1.29 is 183 Å². The Labute approximate surface area is 466 Å². The van der Waals surface area contributed by atoms with E-state index in [0.717, 1.165) is 36.4 Å². The number of benzene rings is 5. The summed E-state index contributed by atoms with van der Waals surface area (Å²) >= 11 is 0. The van der Waals surface area contributed by atoms with Crippen molar-refractivity contribution in [3.05, 3.63) is 103 Å². The predicted molar refractivity (Wildman–Crippen MR) is 213 cm³/mol. The van der Waals surface area contributed by atoms with Crippen molar-refractivity contribution in [2.24, 2.45) is 10.2 Å². The van der Waals surface area contributed by atoms with Crippen molar-refractivity contribution in [1.29, 1.82) is 0 Å². The number of aromatic nitrogens is 3. The van der Waals surface area contributed by atoms with E-state index in [2.05, 4.69) is 45.3 Å². The number of anilines is 6. The van der Waals surface area contributed by atoms with E-state index < -0.39 is 77.6 Å². The Balaban J connectivity index is 0.00000374. The molecule has 5 aromatic carbocycles. The summed E-state index contributed by atoms with van der Waals surface area (Å²) in [5.74, 6) is -1.11. The van der Waals surface area contributed by atoms with Gasteiger partial charge in [0, 0.05) is 27.8 Å². The molecule has 6 rings (SSSR count). The molecule has 0 fully saturated rings. The SMILES string of the molecule is Cc1cc(Nc2nc(Nc3ccc(S(=O)(=O)[O-])cc3)nc(Nc3ccc(S(=O)(=O)CCOS(=O)(=O)[O-])cc3)n2)ccc1N=Nc1cc(S(=O)(=O)[O-])c2cccc(S(=O)(=O)[O-])c2c1.[Na+].[Na+].[Na+].[Na+]. The molecule has 0 aliphatic heterocycles. The Morgan fingerprint density at radius 2 is 1.02 bits per heavy atom. The first-order valence-electron chi connectivity index (χ1n) is 16.9. The van der Waals surface area contributed by atoms with Crippen LogP contribution < -0.4 is 134 Å². The monoisotopic (exact) mass is 1040 g/mol. The Morgan fingerprint density at radius 3 is 1.48 bits per heavy atom. The molecule has 0 spiro atoms. The number of nitrogens with one attached hydrogen (secondary N) is 3. The quantitative estimate of drug-likeness (QED) is 0.0351. The summed E-state index contributed by atoms with van der Waals surface area (Å²) in [5.41, 5.74) is 1.33. The van der Waals surface area contributed by atoms with E-state index in [4.69, 9.17) is 0 Å². The molecule has 0 saturated carbocycles. The van der Waals surface area contributed by atoms with Gasteiger partial charge in [0.2, 0.25) is 28.2 Å². The van der Waals surface area contributed by atoms with Gasteiger partial charge in [0.1, 0.15) is 30.4 Å². The number of hydrogen-bond acceptors (Lipinski definition) is 23. The molecule has 0 aliphatic carbocycles. The molecule has 0 bridgehead atoms. The molecule has 0 aliphatic rings. The molecule has 1 heterocycles. The van der Waals surface area contributed by atoms with Crippen molar-refractivity contribution in [2.75, 3.05) is 28.3 Å². The molecule has 326 valence electrons. The normalized spacial score (nSPS) is 12.0. The van der Waals surface area contributed by atoms with Crippen molar-refractivity contribution in [2.45, 2.75) is 26.5 Å². The Bertz CT molecular complexity index is 3340. The van der Waals surface area contributed by atoms with Gasteiger partial charge in [0.15, 0.2) is 9.84 Å². The van der Waals surface area contributed by atoms with Crippen LogP contribution in [0, 0.1) is 6.92 Å². The molecule has 0 saturated heterocycles. The molecular formula is C34H26N8Na4O15S5. The van der Waals surface area contributed by atoms with Gasteiger partial charge in [-0.25, -0.2) is 42.1 Å². The van der Waals surface area contributed by atoms with Crippen LogP contribution in [-0.2, 0) is 54.8 Å². The van der Waals surface area contributed by atoms with Gasteiger partial charge in [-0.1, -0.05) is 12.1 Å². The van der Waals surface area contributed by atoms with Crippen molar-refractivity contribution >= 4 is 108 Å². The number of nitrogens with zero attached hydrogens (tertiary/aromatic N) is 5. The van der Waals surface area contributed by atoms with Gasteiger partial charge in [-0.15, -0.1) is 0 Å². The average molecular weight is 1040 g/mol. The molecular weight excluding hydrogens is 1010 g/mol. The number of sulfone groups is 1. The maximum Gasteiger partial charge on any atom is 1.00 e. The first-order chi connectivity index (χ1) is 28.8. The van der Waals surface area contributed by atoms with Crippen LogP contribution in [0.4, 0.5) is 46.3 Å². The molecule has 3 N–H and O–H groups in total. The number of fused-ring (bicyclic) bond motifs is 1. The second-order valence-electron chi connectivity index (χ2n) is 12.6. The topological polar surface area (TPSA) is 372 Å². The van der Waals surface area contributed by atoms with Gasteiger partial charge >= 0.3 is 118 Å². The summed E-state index contributed by atoms with van der Waals surface area (Å²) in [7, 11) is -24.2. The van der Waals surface area contributed by atoms with E-state index >= 15 is 0 Å². The zero-order valence-corrected chi connectivity index (χ0v) is 47.1. The fourth-order valence-electron chi connectivity index (χ4n) is 5.49. The van der Waals surface area contributed by atoms with E-state index in [1.165, 1.54) is 54.6 Å². The van der Waals surface area contributed by atoms with Gasteiger partial charge in [0.05, 0.1) is 43.3 Å². The van der Waals surface area contributed by atoms with Crippen LogP contribution in [0.3, 0.4) is 0 Å². The summed E-state index contributed by atoms with van der Waals surface area (Å²) in [6.45, 7) is 0.731. The van der Waals surface area contributed by atoms with Gasteiger partial charge in [0.25, 0.3) is 0 Å². The minimum absolute atomic E-state index is 0. The average Bonchev–Trinajstić information content (AvgIpc) is 3.15. The second-order valence-corrected chi connectivity index (χ2v) is 19.9. The number of hydrogen-bond donors (Lipinski definition) is 3. The molecule has 32 heteroatoms. The third-order valence-corrected chi connectivity index (χ3v) is 13.0. The van der Waals surface area contributed by atoms with Crippen LogP contribution in [0.1, 0.15) is 5.56 Å². The molecule has 6 aromatic rings. The first kappa shape index (κ1) is 60.0. The van der Waals surface area contributed by atoms with Gasteiger partial charge in [-0.05, 0) is 97.4 Å². The molecule has 66 heavy (non-hydrogen) atoms. The Hall–Kier alpha value is -2.08. The third kappa shape index (κ3) is 16.5. The molecule has 0 atom stereocenters. The van der Waals surface area contributed by atoms with E-state index in [-0.39, 0.29) is 174 Å². The third-order valence-electron chi connectivity index (χ3n) is 8.25. The van der Waals surface area contributed by atoms with Crippen LogP contribution in [0.5, 0.6) is 0 Å². The van der Waals surface area contributed by atoms with Crippen molar-refractivity contribution in [1.82, 2.24) is 15.0 Å². The minimum atomic E-state index is -5.17. The minimum Gasteiger partial charge on any atom is -0.744 e. The van der Waals surface area contributed by atoms with Gasteiger partial charge in [-0.2, -0.15) is 25.2 Å². The first-order valence-corrected chi connectivity index (χ1v) is 24.1. The van der Waals surface area contributed by atoms with Crippen LogP contribution in [0.15, 0.2) is 127 Å². The predicted octanol–water partition coefficient (Wildman–Crippen LogP) is -8.04. The summed E-state index contributed by atoms with van der Waals surface area (Å²) in [5, 5.41) is 16.2. The van der Waals surface area contributed by atoms with Crippen molar-refractivity contribution in [3.63, 3.8) is 0 Å². The number of aryl methyl sites for hydroxylation is 1. The van der Waals surface area contributed by atoms with Gasteiger partial charge in [-0.3, -0.25) is 4.18 Å². The summed E-state index contributed by atoms with van der Waals surface area (Å²) in [6, 6.07) is 19.5. The molecule has 0 unspecified atom stereocenters. The Morgan fingerprint density at radius 1 is 0.530 bits per heavy atom. The summed E-state index contributed by atoms with van der Waals surface area (Å²) in [6.07, 6.45) is 0. The second kappa shape index (κ2) is 24.2. The van der Waals surface area contributed by atoms with Crippen LogP contribution >= 0.6 is 0 Å². The summed E-state index contributed by atoms with van der Waals surface area (Å²) < 4.78 is 167. The molecule has 1 aromatic heterocycles. The summed E-state index contributed by atoms with van der Waals surface area (Å²) in [4.78, 5) is 10.7. The fraction of sp³-hybridized carbons (Fsp3) is 0.0882. The molecule has 0 radical (unpaired) electrons. The fourth-order valence-corrected chi connectivity index (χ4v) is 8.84. The zero-order chi connectivity index (χ0) is 45.3. The smallest absolute Gasteiger partial charge is 0.744 e.